The summed E-state index contributed by atoms with van der Waals surface area (Å²) in [5, 5.41) is 13.6. The molecule has 1 heterocycles. The van der Waals surface area contributed by atoms with Crippen LogP contribution in [0.2, 0.25) is 0 Å². The van der Waals surface area contributed by atoms with Crippen LogP contribution in [0.15, 0.2) is 47.6 Å². The molecule has 0 fully saturated rings. The number of hydrogen-bond acceptors (Lipinski definition) is 2. The molecule has 0 amide bonds. The van der Waals surface area contributed by atoms with Gasteiger partial charge in [0.1, 0.15) is 0 Å². The topological polar surface area (TPSA) is 65.1 Å². The van der Waals surface area contributed by atoms with E-state index >= 15 is 0 Å². The molecule has 1 aromatic carbocycles. The molecule has 3 N–H and O–H groups in total. The van der Waals surface area contributed by atoms with E-state index in [4.69, 9.17) is 0 Å². The van der Waals surface area contributed by atoms with Crippen molar-refractivity contribution in [2.75, 3.05) is 13.1 Å². The van der Waals surface area contributed by atoms with Crippen LogP contribution in [0.5, 0.6) is 0 Å². The number of nitrogens with one attached hydrogen (secondary N) is 3. The molecule has 2 rings (SSSR count). The summed E-state index contributed by atoms with van der Waals surface area (Å²) in [7, 11) is 0. The highest BCUT2D eigenvalue weighted by molar-refractivity contribution is 5.79. The Balaban J connectivity index is 1.97. The number of aliphatic imine (C=N–C) groups is 1. The molecule has 5 nitrogen and oxygen atoms in total. The molecule has 0 spiro atoms. The first kappa shape index (κ1) is 16.1. The minimum Gasteiger partial charge on any atom is -0.357 e. The predicted molar refractivity (Wildman–Crippen MR) is 90.9 cm³/mol. The number of aromatic nitrogens is 2. The van der Waals surface area contributed by atoms with Gasteiger partial charge in [0.15, 0.2) is 5.96 Å². The molecule has 0 atom stereocenters. The van der Waals surface area contributed by atoms with Crippen LogP contribution >= 0.6 is 0 Å². The van der Waals surface area contributed by atoms with E-state index in [9.17, 15) is 0 Å². The summed E-state index contributed by atoms with van der Waals surface area (Å²) >= 11 is 0. The lowest BCUT2D eigenvalue weighted by Crippen LogP contribution is -2.43. The van der Waals surface area contributed by atoms with E-state index in [1.54, 1.807) is 6.20 Å². The van der Waals surface area contributed by atoms with Gasteiger partial charge in [0, 0.05) is 24.7 Å². The SMILES string of the molecule is CCNC(=NCc1ccn[nH]1)NCC(C)(C)c1ccccc1. The number of H-pyrrole nitrogens is 1. The largest absolute Gasteiger partial charge is 0.357 e. The molecule has 1 aromatic heterocycles. The molecule has 0 radical (unpaired) electrons. The first-order valence-corrected chi connectivity index (χ1v) is 7.68. The minimum absolute atomic E-state index is 0.0332. The van der Waals surface area contributed by atoms with Gasteiger partial charge >= 0.3 is 0 Å². The van der Waals surface area contributed by atoms with Crippen molar-refractivity contribution in [3.63, 3.8) is 0 Å². The van der Waals surface area contributed by atoms with Crippen LogP contribution in [-0.2, 0) is 12.0 Å². The van der Waals surface area contributed by atoms with Gasteiger partial charge in [-0.2, -0.15) is 5.10 Å². The number of hydrogen-bond donors (Lipinski definition) is 3. The Morgan fingerprint density at radius 3 is 2.59 bits per heavy atom. The molecule has 22 heavy (non-hydrogen) atoms. The summed E-state index contributed by atoms with van der Waals surface area (Å²) in [6.07, 6.45) is 1.74. The zero-order chi connectivity index (χ0) is 15.8. The second kappa shape index (κ2) is 7.64. The Hall–Kier alpha value is -2.30. The number of nitrogens with zero attached hydrogens (tertiary/aromatic N) is 2. The lowest BCUT2D eigenvalue weighted by Gasteiger charge is -2.26. The van der Waals surface area contributed by atoms with Gasteiger partial charge in [-0.25, -0.2) is 4.99 Å². The zero-order valence-electron chi connectivity index (χ0n) is 13.6. The standard InChI is InChI=1S/C17H25N5/c1-4-18-16(19-12-15-10-11-21-22-15)20-13-17(2,3)14-8-6-5-7-9-14/h5-11H,4,12-13H2,1-3H3,(H,21,22)(H2,18,19,20). The molecule has 118 valence electrons. The molecule has 0 aliphatic rings. The normalized spacial score (nSPS) is 12.2. The van der Waals surface area contributed by atoms with Crippen molar-refractivity contribution in [1.29, 1.82) is 0 Å². The lowest BCUT2D eigenvalue weighted by molar-refractivity contribution is 0.508. The van der Waals surface area contributed by atoms with Crippen LogP contribution in [0.1, 0.15) is 32.0 Å². The van der Waals surface area contributed by atoms with Crippen LogP contribution in [0.4, 0.5) is 0 Å². The summed E-state index contributed by atoms with van der Waals surface area (Å²) < 4.78 is 0. The Labute approximate surface area is 132 Å². The predicted octanol–water partition coefficient (Wildman–Crippen LogP) is 2.44. The Morgan fingerprint density at radius 2 is 1.95 bits per heavy atom. The van der Waals surface area contributed by atoms with Crippen LogP contribution in [-0.4, -0.2) is 29.2 Å². The summed E-state index contributed by atoms with van der Waals surface area (Å²) in [6.45, 7) is 8.75. The molecular weight excluding hydrogens is 274 g/mol. The van der Waals surface area contributed by atoms with Gasteiger partial charge < -0.3 is 10.6 Å². The molecule has 0 bridgehead atoms. The van der Waals surface area contributed by atoms with E-state index in [-0.39, 0.29) is 5.41 Å². The van der Waals surface area contributed by atoms with Gasteiger partial charge in [0.05, 0.1) is 12.2 Å². The summed E-state index contributed by atoms with van der Waals surface area (Å²) in [4.78, 5) is 4.58. The van der Waals surface area contributed by atoms with E-state index in [2.05, 4.69) is 70.9 Å². The van der Waals surface area contributed by atoms with Crippen molar-refractivity contribution < 1.29 is 0 Å². The van der Waals surface area contributed by atoms with Crippen LogP contribution in [0.25, 0.3) is 0 Å². The highest BCUT2D eigenvalue weighted by Gasteiger charge is 2.20. The quantitative estimate of drug-likeness (QED) is 0.567. The van der Waals surface area contributed by atoms with E-state index < -0.39 is 0 Å². The minimum atomic E-state index is 0.0332. The molecule has 0 aliphatic carbocycles. The first-order chi connectivity index (χ1) is 10.6. The lowest BCUT2D eigenvalue weighted by atomic mass is 9.85. The maximum Gasteiger partial charge on any atom is 0.191 e. The number of benzene rings is 1. The first-order valence-electron chi connectivity index (χ1n) is 7.68. The van der Waals surface area contributed by atoms with Gasteiger partial charge in [-0.15, -0.1) is 0 Å². The fourth-order valence-electron chi connectivity index (χ4n) is 2.17. The summed E-state index contributed by atoms with van der Waals surface area (Å²) in [5.41, 5.74) is 2.34. The Morgan fingerprint density at radius 1 is 1.18 bits per heavy atom. The van der Waals surface area contributed by atoms with Gasteiger partial charge in [0.2, 0.25) is 0 Å². The fourth-order valence-corrected chi connectivity index (χ4v) is 2.17. The molecule has 2 aromatic rings. The monoisotopic (exact) mass is 299 g/mol. The van der Waals surface area contributed by atoms with Crippen molar-refractivity contribution in [2.45, 2.75) is 32.7 Å². The maximum atomic E-state index is 4.58. The van der Waals surface area contributed by atoms with Crippen molar-refractivity contribution in [3.8, 4) is 0 Å². The van der Waals surface area contributed by atoms with Crippen LogP contribution < -0.4 is 10.6 Å². The Kier molecular flexibility index (Phi) is 5.58. The fraction of sp³-hybridized carbons (Fsp3) is 0.412. The molecule has 0 saturated heterocycles. The third-order valence-corrected chi connectivity index (χ3v) is 3.56. The van der Waals surface area contributed by atoms with E-state index in [0.717, 1.165) is 24.7 Å². The van der Waals surface area contributed by atoms with E-state index in [1.165, 1.54) is 5.56 Å². The molecular formula is C17H25N5. The molecule has 5 heteroatoms. The van der Waals surface area contributed by atoms with Crippen LogP contribution in [0, 0.1) is 0 Å². The number of rotatable bonds is 6. The summed E-state index contributed by atoms with van der Waals surface area (Å²) in [5.74, 6) is 0.820. The molecule has 0 aliphatic heterocycles. The zero-order valence-corrected chi connectivity index (χ0v) is 13.6. The average Bonchev–Trinajstić information content (AvgIpc) is 3.04. The van der Waals surface area contributed by atoms with Crippen molar-refractivity contribution >= 4 is 5.96 Å². The van der Waals surface area contributed by atoms with E-state index in [0.29, 0.717) is 6.54 Å². The highest BCUT2D eigenvalue weighted by atomic mass is 15.2. The molecule has 0 saturated carbocycles. The van der Waals surface area contributed by atoms with Gasteiger partial charge in [-0.3, -0.25) is 5.10 Å². The second-order valence-corrected chi connectivity index (χ2v) is 5.88. The highest BCUT2D eigenvalue weighted by Crippen LogP contribution is 2.21. The van der Waals surface area contributed by atoms with Gasteiger partial charge in [-0.1, -0.05) is 44.2 Å². The van der Waals surface area contributed by atoms with Gasteiger partial charge in [-0.05, 0) is 18.6 Å². The molecule has 0 unspecified atom stereocenters. The average molecular weight is 299 g/mol. The van der Waals surface area contributed by atoms with Crippen molar-refractivity contribution in [3.05, 3.63) is 53.9 Å². The smallest absolute Gasteiger partial charge is 0.191 e. The van der Waals surface area contributed by atoms with Crippen LogP contribution in [0.3, 0.4) is 0 Å². The number of guanidine groups is 1. The third-order valence-electron chi connectivity index (χ3n) is 3.56. The Bertz CT molecular complexity index is 572. The van der Waals surface area contributed by atoms with Crippen molar-refractivity contribution in [1.82, 2.24) is 20.8 Å². The number of aromatic amines is 1. The van der Waals surface area contributed by atoms with E-state index in [1.807, 2.05) is 12.1 Å². The van der Waals surface area contributed by atoms with Gasteiger partial charge in [0.25, 0.3) is 0 Å². The maximum absolute atomic E-state index is 4.58. The van der Waals surface area contributed by atoms with Crippen molar-refractivity contribution in [2.24, 2.45) is 4.99 Å². The third kappa shape index (κ3) is 4.62. The summed E-state index contributed by atoms with van der Waals surface area (Å²) in [6, 6.07) is 12.5. The second-order valence-electron chi connectivity index (χ2n) is 5.88.